The van der Waals surface area contributed by atoms with E-state index < -0.39 is 0 Å². The zero-order valence-corrected chi connectivity index (χ0v) is 11.0. The first kappa shape index (κ1) is 13.9. The van der Waals surface area contributed by atoms with E-state index >= 15 is 0 Å². The largest absolute Gasteiger partial charge is 0.379 e. The average molecular weight is 229 g/mol. The predicted octanol–water partition coefficient (Wildman–Crippen LogP) is 0.376. The summed E-state index contributed by atoms with van der Waals surface area (Å²) in [5.41, 5.74) is 5.93. The molecule has 0 saturated carbocycles. The number of nitrogens with two attached hydrogens (primary N) is 1. The fraction of sp³-hybridized carbons (Fsp3) is 1.00. The number of rotatable bonds is 6. The minimum absolute atomic E-state index is 0.404. The SMILES string of the molecule is CC1CC(N)CCN1CCOCCN(C)C. The minimum Gasteiger partial charge on any atom is -0.379 e. The number of likely N-dealkylation sites (tertiary alicyclic amines) is 1. The smallest absolute Gasteiger partial charge is 0.0594 e. The molecule has 1 saturated heterocycles. The van der Waals surface area contributed by atoms with Crippen LogP contribution in [0.15, 0.2) is 0 Å². The molecule has 0 amide bonds. The lowest BCUT2D eigenvalue weighted by molar-refractivity contribution is 0.0662. The highest BCUT2D eigenvalue weighted by Gasteiger charge is 2.22. The quantitative estimate of drug-likeness (QED) is 0.669. The fourth-order valence-electron chi connectivity index (χ4n) is 2.12. The third-order valence-electron chi connectivity index (χ3n) is 3.26. The van der Waals surface area contributed by atoms with Crippen LogP contribution in [-0.4, -0.2) is 68.8 Å². The van der Waals surface area contributed by atoms with E-state index in [4.69, 9.17) is 10.5 Å². The first-order valence-electron chi connectivity index (χ1n) is 6.31. The molecule has 0 aromatic rings. The molecular weight excluding hydrogens is 202 g/mol. The lowest BCUT2D eigenvalue weighted by atomic mass is 9.99. The van der Waals surface area contributed by atoms with Gasteiger partial charge >= 0.3 is 0 Å². The van der Waals surface area contributed by atoms with Crippen LogP contribution in [0.4, 0.5) is 0 Å². The van der Waals surface area contributed by atoms with Gasteiger partial charge in [0.05, 0.1) is 13.2 Å². The summed E-state index contributed by atoms with van der Waals surface area (Å²) in [7, 11) is 4.13. The molecule has 4 nitrogen and oxygen atoms in total. The molecule has 0 aromatic carbocycles. The van der Waals surface area contributed by atoms with Crippen LogP contribution in [0, 0.1) is 0 Å². The lowest BCUT2D eigenvalue weighted by Gasteiger charge is -2.36. The Hall–Kier alpha value is -0.160. The van der Waals surface area contributed by atoms with Gasteiger partial charge in [-0.25, -0.2) is 0 Å². The van der Waals surface area contributed by atoms with Gasteiger partial charge in [0.1, 0.15) is 0 Å². The van der Waals surface area contributed by atoms with Gasteiger partial charge in [0.25, 0.3) is 0 Å². The second-order valence-corrected chi connectivity index (χ2v) is 5.09. The van der Waals surface area contributed by atoms with E-state index in [9.17, 15) is 0 Å². The highest BCUT2D eigenvalue weighted by atomic mass is 16.5. The molecule has 2 N–H and O–H groups in total. The van der Waals surface area contributed by atoms with E-state index in [0.29, 0.717) is 12.1 Å². The third-order valence-corrected chi connectivity index (χ3v) is 3.26. The Morgan fingerprint density at radius 2 is 2.12 bits per heavy atom. The van der Waals surface area contributed by atoms with Crippen molar-refractivity contribution in [2.45, 2.75) is 31.8 Å². The molecule has 1 rings (SSSR count). The number of nitrogens with zero attached hydrogens (tertiary/aromatic N) is 2. The van der Waals surface area contributed by atoms with Gasteiger partial charge in [-0.3, -0.25) is 4.90 Å². The molecule has 0 bridgehead atoms. The lowest BCUT2D eigenvalue weighted by Crippen LogP contribution is -2.46. The van der Waals surface area contributed by atoms with Crippen LogP contribution < -0.4 is 5.73 Å². The van der Waals surface area contributed by atoms with E-state index in [1.807, 2.05) is 0 Å². The Morgan fingerprint density at radius 3 is 2.75 bits per heavy atom. The molecule has 16 heavy (non-hydrogen) atoms. The second kappa shape index (κ2) is 7.22. The van der Waals surface area contributed by atoms with E-state index in [2.05, 4.69) is 30.8 Å². The van der Waals surface area contributed by atoms with Gasteiger partial charge in [0.2, 0.25) is 0 Å². The van der Waals surface area contributed by atoms with E-state index in [-0.39, 0.29) is 0 Å². The van der Waals surface area contributed by atoms with Crippen molar-refractivity contribution < 1.29 is 4.74 Å². The molecule has 1 heterocycles. The van der Waals surface area contributed by atoms with Crippen molar-refractivity contribution in [2.75, 3.05) is 46.9 Å². The van der Waals surface area contributed by atoms with Crippen LogP contribution >= 0.6 is 0 Å². The van der Waals surface area contributed by atoms with Crippen LogP contribution in [0.2, 0.25) is 0 Å². The van der Waals surface area contributed by atoms with Crippen LogP contribution in [0.25, 0.3) is 0 Å². The molecule has 0 aromatic heterocycles. The van der Waals surface area contributed by atoms with Gasteiger partial charge in [-0.15, -0.1) is 0 Å². The monoisotopic (exact) mass is 229 g/mol. The number of hydrogen-bond acceptors (Lipinski definition) is 4. The molecular formula is C12H27N3O. The average Bonchev–Trinajstić information content (AvgIpc) is 2.20. The highest BCUT2D eigenvalue weighted by Crippen LogP contribution is 2.14. The number of hydrogen-bond donors (Lipinski definition) is 1. The Morgan fingerprint density at radius 1 is 1.38 bits per heavy atom. The van der Waals surface area contributed by atoms with Crippen molar-refractivity contribution >= 4 is 0 Å². The Labute approximate surface area is 99.7 Å². The first-order chi connectivity index (χ1) is 7.59. The molecule has 96 valence electrons. The van der Waals surface area contributed by atoms with Gasteiger partial charge in [-0.05, 0) is 40.4 Å². The summed E-state index contributed by atoms with van der Waals surface area (Å²) in [5.74, 6) is 0. The third kappa shape index (κ3) is 5.25. The van der Waals surface area contributed by atoms with Gasteiger partial charge in [0.15, 0.2) is 0 Å². The maximum Gasteiger partial charge on any atom is 0.0594 e. The molecule has 0 aliphatic carbocycles. The molecule has 1 aliphatic heterocycles. The molecule has 2 atom stereocenters. The van der Waals surface area contributed by atoms with Gasteiger partial charge in [-0.2, -0.15) is 0 Å². The van der Waals surface area contributed by atoms with Crippen LogP contribution in [0.1, 0.15) is 19.8 Å². The van der Waals surface area contributed by atoms with Gasteiger partial charge in [0, 0.05) is 25.2 Å². The van der Waals surface area contributed by atoms with E-state index in [1.165, 1.54) is 0 Å². The Kier molecular flexibility index (Phi) is 6.28. The number of likely N-dealkylation sites (N-methyl/N-ethyl adjacent to an activating group) is 1. The molecule has 1 fully saturated rings. The van der Waals surface area contributed by atoms with Gasteiger partial charge < -0.3 is 15.4 Å². The maximum atomic E-state index is 5.93. The van der Waals surface area contributed by atoms with E-state index in [0.717, 1.165) is 45.7 Å². The van der Waals surface area contributed by atoms with Crippen molar-refractivity contribution in [2.24, 2.45) is 5.73 Å². The number of ether oxygens (including phenoxy) is 1. The zero-order valence-electron chi connectivity index (χ0n) is 11.0. The summed E-state index contributed by atoms with van der Waals surface area (Å²) in [6.07, 6.45) is 2.25. The van der Waals surface area contributed by atoms with Crippen molar-refractivity contribution in [3.8, 4) is 0 Å². The Bertz CT molecular complexity index is 187. The maximum absolute atomic E-state index is 5.93. The standard InChI is InChI=1S/C12H27N3O/c1-11-10-12(13)4-5-15(11)7-9-16-8-6-14(2)3/h11-12H,4-10,13H2,1-3H3. The summed E-state index contributed by atoms with van der Waals surface area (Å²) >= 11 is 0. The fourth-order valence-corrected chi connectivity index (χ4v) is 2.12. The van der Waals surface area contributed by atoms with Crippen molar-refractivity contribution in [1.29, 1.82) is 0 Å². The van der Waals surface area contributed by atoms with Crippen molar-refractivity contribution in [3.05, 3.63) is 0 Å². The molecule has 0 spiro atoms. The summed E-state index contributed by atoms with van der Waals surface area (Å²) in [4.78, 5) is 4.63. The molecule has 4 heteroatoms. The van der Waals surface area contributed by atoms with Crippen molar-refractivity contribution in [1.82, 2.24) is 9.80 Å². The van der Waals surface area contributed by atoms with Crippen molar-refractivity contribution in [3.63, 3.8) is 0 Å². The topological polar surface area (TPSA) is 41.7 Å². The van der Waals surface area contributed by atoms with E-state index in [1.54, 1.807) is 0 Å². The van der Waals surface area contributed by atoms with Crippen LogP contribution in [-0.2, 0) is 4.74 Å². The molecule has 2 unspecified atom stereocenters. The predicted molar refractivity (Wildman–Crippen MR) is 67.6 cm³/mol. The minimum atomic E-state index is 0.404. The second-order valence-electron chi connectivity index (χ2n) is 5.09. The normalized spacial score (nSPS) is 27.6. The van der Waals surface area contributed by atoms with Crippen LogP contribution in [0.3, 0.4) is 0 Å². The summed E-state index contributed by atoms with van der Waals surface area (Å²) < 4.78 is 5.61. The number of piperidine rings is 1. The molecule has 1 aliphatic rings. The summed E-state index contributed by atoms with van der Waals surface area (Å²) in [5, 5.41) is 0. The summed E-state index contributed by atoms with van der Waals surface area (Å²) in [6, 6.07) is 1.02. The van der Waals surface area contributed by atoms with Crippen LogP contribution in [0.5, 0.6) is 0 Å². The highest BCUT2D eigenvalue weighted by molar-refractivity contribution is 4.80. The molecule has 0 radical (unpaired) electrons. The Balaban J connectivity index is 2.04. The van der Waals surface area contributed by atoms with Gasteiger partial charge in [-0.1, -0.05) is 0 Å². The summed E-state index contributed by atoms with van der Waals surface area (Å²) in [6.45, 7) is 7.10. The first-order valence-corrected chi connectivity index (χ1v) is 6.31. The zero-order chi connectivity index (χ0) is 12.0.